The topological polar surface area (TPSA) is 78.4 Å². The third-order valence-corrected chi connectivity index (χ3v) is 4.76. The Labute approximate surface area is 139 Å². The van der Waals surface area contributed by atoms with Crippen LogP contribution in [0.25, 0.3) is 0 Å². The lowest BCUT2D eigenvalue weighted by Gasteiger charge is -2.29. The summed E-state index contributed by atoms with van der Waals surface area (Å²) < 4.78 is 1.61. The van der Waals surface area contributed by atoms with Gasteiger partial charge in [0.25, 0.3) is 0 Å². The van der Waals surface area contributed by atoms with E-state index in [-0.39, 0.29) is 12.1 Å². The summed E-state index contributed by atoms with van der Waals surface area (Å²) in [4.78, 5) is 23.3. The van der Waals surface area contributed by atoms with Gasteiger partial charge in [-0.25, -0.2) is 4.79 Å². The normalized spacial score (nSPS) is 21.6. The fraction of sp³-hybridized carbons (Fsp3) is 0.429. The van der Waals surface area contributed by atoms with Gasteiger partial charge in [0.15, 0.2) is 0 Å². The van der Waals surface area contributed by atoms with E-state index in [1.165, 1.54) is 0 Å². The Morgan fingerprint density at radius 1 is 1.19 bits per heavy atom. The number of urea groups is 1. The number of hydrogen-bond donors (Lipinski definition) is 3. The molecule has 2 unspecified atom stereocenters. The second-order valence-electron chi connectivity index (χ2n) is 5.06. The zero-order valence-corrected chi connectivity index (χ0v) is 14.4. The Balaban J connectivity index is 2.00. The summed E-state index contributed by atoms with van der Waals surface area (Å²) in [5.74, 6) is -1.35. The van der Waals surface area contributed by atoms with Crippen LogP contribution in [0.15, 0.2) is 27.1 Å². The van der Waals surface area contributed by atoms with Crippen LogP contribution in [0.4, 0.5) is 10.5 Å². The number of amides is 2. The predicted molar refractivity (Wildman–Crippen MR) is 87.4 cm³/mol. The summed E-state index contributed by atoms with van der Waals surface area (Å²) in [6, 6.07) is 4.75. The molecule has 0 aromatic heterocycles. The molecular formula is C14H16Br2N2O3. The Hall–Kier alpha value is -1.08. The van der Waals surface area contributed by atoms with Crippen molar-refractivity contribution in [1.29, 1.82) is 0 Å². The van der Waals surface area contributed by atoms with E-state index in [1.807, 2.05) is 12.1 Å². The first-order valence-electron chi connectivity index (χ1n) is 6.73. The second-order valence-corrected chi connectivity index (χ2v) is 6.83. The van der Waals surface area contributed by atoms with Crippen LogP contribution in [-0.4, -0.2) is 23.1 Å². The summed E-state index contributed by atoms with van der Waals surface area (Å²) >= 11 is 6.70. The van der Waals surface area contributed by atoms with Crippen molar-refractivity contribution in [3.05, 3.63) is 27.1 Å². The molecule has 0 spiro atoms. The standard InChI is InChI=1S/C14H16Br2N2O3/c15-8-5-6-10(16)12(7-8)18-14(21)17-11-4-2-1-3-9(11)13(19)20/h5-7,9,11H,1-4H2,(H,19,20)(H2,17,18,21). The lowest BCUT2D eigenvalue weighted by atomic mass is 9.84. The molecule has 1 saturated carbocycles. The van der Waals surface area contributed by atoms with Crippen molar-refractivity contribution in [2.75, 3.05) is 5.32 Å². The highest BCUT2D eigenvalue weighted by molar-refractivity contribution is 9.11. The van der Waals surface area contributed by atoms with Gasteiger partial charge in [-0.1, -0.05) is 28.8 Å². The SMILES string of the molecule is O=C(Nc1cc(Br)ccc1Br)NC1CCCCC1C(=O)O. The molecule has 3 N–H and O–H groups in total. The molecule has 1 aliphatic carbocycles. The van der Waals surface area contributed by atoms with Crippen molar-refractivity contribution in [3.8, 4) is 0 Å². The van der Waals surface area contributed by atoms with Crippen LogP contribution in [-0.2, 0) is 4.79 Å². The Kier molecular flexibility index (Phi) is 5.64. The van der Waals surface area contributed by atoms with Gasteiger partial charge in [0.1, 0.15) is 0 Å². The summed E-state index contributed by atoms with van der Waals surface area (Å²) in [6.45, 7) is 0. The molecule has 0 aliphatic heterocycles. The number of anilines is 1. The minimum Gasteiger partial charge on any atom is -0.481 e. The molecule has 1 fully saturated rings. The summed E-state index contributed by atoms with van der Waals surface area (Å²) in [7, 11) is 0. The molecule has 5 nitrogen and oxygen atoms in total. The molecule has 2 amide bonds. The molecule has 2 atom stereocenters. The Morgan fingerprint density at radius 3 is 2.62 bits per heavy atom. The van der Waals surface area contributed by atoms with E-state index in [1.54, 1.807) is 6.07 Å². The molecule has 1 aromatic carbocycles. The van der Waals surface area contributed by atoms with Crippen LogP contribution in [0.5, 0.6) is 0 Å². The number of halogens is 2. The lowest BCUT2D eigenvalue weighted by Crippen LogP contribution is -2.46. The van der Waals surface area contributed by atoms with Crippen LogP contribution in [0.2, 0.25) is 0 Å². The highest BCUT2D eigenvalue weighted by atomic mass is 79.9. The molecule has 1 aromatic rings. The van der Waals surface area contributed by atoms with Crippen molar-refractivity contribution in [2.24, 2.45) is 5.92 Å². The van der Waals surface area contributed by atoms with Crippen molar-refractivity contribution in [3.63, 3.8) is 0 Å². The quantitative estimate of drug-likeness (QED) is 0.693. The van der Waals surface area contributed by atoms with Crippen LogP contribution in [0.3, 0.4) is 0 Å². The fourth-order valence-electron chi connectivity index (χ4n) is 2.52. The summed E-state index contributed by atoms with van der Waals surface area (Å²) in [5, 5.41) is 14.7. The van der Waals surface area contributed by atoms with Crippen LogP contribution in [0, 0.1) is 5.92 Å². The van der Waals surface area contributed by atoms with Crippen molar-refractivity contribution < 1.29 is 14.7 Å². The second kappa shape index (κ2) is 7.26. The lowest BCUT2D eigenvalue weighted by molar-refractivity contribution is -0.143. The molecule has 7 heteroatoms. The maximum Gasteiger partial charge on any atom is 0.319 e. The zero-order chi connectivity index (χ0) is 15.4. The van der Waals surface area contributed by atoms with E-state index in [9.17, 15) is 14.7 Å². The first-order chi connectivity index (χ1) is 9.97. The van der Waals surface area contributed by atoms with Crippen molar-refractivity contribution in [1.82, 2.24) is 5.32 Å². The van der Waals surface area contributed by atoms with Gasteiger partial charge in [0, 0.05) is 15.0 Å². The van der Waals surface area contributed by atoms with Crippen LogP contribution in [0.1, 0.15) is 25.7 Å². The molecule has 0 heterocycles. The van der Waals surface area contributed by atoms with Crippen LogP contribution < -0.4 is 10.6 Å². The largest absolute Gasteiger partial charge is 0.481 e. The summed E-state index contributed by atoms with van der Waals surface area (Å²) in [5.41, 5.74) is 0.629. The van der Waals surface area contributed by atoms with E-state index in [0.29, 0.717) is 18.5 Å². The van der Waals surface area contributed by atoms with Gasteiger partial charge in [-0.3, -0.25) is 4.79 Å². The van der Waals surface area contributed by atoms with Gasteiger partial charge in [0.05, 0.1) is 11.6 Å². The number of aliphatic carboxylic acids is 1. The van der Waals surface area contributed by atoms with E-state index in [0.717, 1.165) is 21.8 Å². The predicted octanol–water partition coefficient (Wildman–Crippen LogP) is 3.98. The number of carbonyl (C=O) groups is 2. The van der Waals surface area contributed by atoms with Gasteiger partial charge in [-0.2, -0.15) is 0 Å². The average Bonchev–Trinajstić information content (AvgIpc) is 2.43. The van der Waals surface area contributed by atoms with E-state index in [2.05, 4.69) is 42.5 Å². The van der Waals surface area contributed by atoms with Gasteiger partial charge in [0.2, 0.25) is 0 Å². The third kappa shape index (κ3) is 4.44. The number of carbonyl (C=O) groups excluding carboxylic acids is 1. The average molecular weight is 420 g/mol. The van der Waals surface area contributed by atoms with Gasteiger partial charge in [-0.05, 0) is 47.0 Å². The summed E-state index contributed by atoms with van der Waals surface area (Å²) in [6.07, 6.45) is 3.15. The number of carboxylic acid groups (broad SMARTS) is 1. The minimum absolute atomic E-state index is 0.317. The fourth-order valence-corrected chi connectivity index (χ4v) is 3.23. The first-order valence-corrected chi connectivity index (χ1v) is 8.31. The molecule has 1 aliphatic rings. The number of benzene rings is 1. The zero-order valence-electron chi connectivity index (χ0n) is 11.2. The molecule has 21 heavy (non-hydrogen) atoms. The maximum atomic E-state index is 12.1. The number of nitrogens with one attached hydrogen (secondary N) is 2. The molecule has 0 saturated heterocycles. The number of rotatable bonds is 3. The van der Waals surface area contributed by atoms with Crippen LogP contribution >= 0.6 is 31.9 Å². The highest BCUT2D eigenvalue weighted by Crippen LogP contribution is 2.27. The molecule has 114 valence electrons. The number of carboxylic acids is 1. The Morgan fingerprint density at radius 2 is 1.90 bits per heavy atom. The Bertz CT molecular complexity index is 551. The minimum atomic E-state index is -0.844. The maximum absolute atomic E-state index is 12.1. The molecule has 0 radical (unpaired) electrons. The number of hydrogen-bond acceptors (Lipinski definition) is 2. The van der Waals surface area contributed by atoms with Crippen molar-refractivity contribution >= 4 is 49.5 Å². The van der Waals surface area contributed by atoms with Gasteiger partial charge >= 0.3 is 12.0 Å². The highest BCUT2D eigenvalue weighted by Gasteiger charge is 2.31. The smallest absolute Gasteiger partial charge is 0.319 e. The van der Waals surface area contributed by atoms with Gasteiger partial charge < -0.3 is 15.7 Å². The van der Waals surface area contributed by atoms with Crippen molar-refractivity contribution in [2.45, 2.75) is 31.7 Å². The van der Waals surface area contributed by atoms with Gasteiger partial charge in [-0.15, -0.1) is 0 Å². The third-order valence-electron chi connectivity index (χ3n) is 3.58. The molecular weight excluding hydrogens is 404 g/mol. The first kappa shape index (κ1) is 16.3. The van der Waals surface area contributed by atoms with E-state index < -0.39 is 11.9 Å². The molecule has 0 bridgehead atoms. The van der Waals surface area contributed by atoms with E-state index in [4.69, 9.17) is 0 Å². The monoisotopic (exact) mass is 418 g/mol. The molecule has 2 rings (SSSR count). The van der Waals surface area contributed by atoms with E-state index >= 15 is 0 Å².